The van der Waals surface area contributed by atoms with Crippen LogP contribution in [0.3, 0.4) is 0 Å². The molecule has 8 heteroatoms. The molecule has 1 rings (SSSR count). The van der Waals surface area contributed by atoms with E-state index in [1.807, 2.05) is 0 Å². The maximum atomic E-state index is 12.9. The molecule has 0 aliphatic rings. The Kier molecular flexibility index (Phi) is 3.72. The summed E-state index contributed by atoms with van der Waals surface area (Å²) in [6, 6.07) is 2.32. The van der Waals surface area contributed by atoms with Gasteiger partial charge in [-0.05, 0) is 18.2 Å². The summed E-state index contributed by atoms with van der Waals surface area (Å²) in [4.78, 5) is 20.6. The monoisotopic (exact) mass is 259 g/mol. The Hall–Kier alpha value is -2.05. The zero-order valence-electron chi connectivity index (χ0n) is 8.51. The predicted octanol–water partition coefficient (Wildman–Crippen LogP) is 0.637. The largest absolute Gasteiger partial charge is 0.465 e. The van der Waals surface area contributed by atoms with E-state index in [1.54, 1.807) is 0 Å². The van der Waals surface area contributed by atoms with Crippen LogP contribution in [0.5, 0.6) is 0 Å². The van der Waals surface area contributed by atoms with Crippen LogP contribution in [-0.4, -0.2) is 27.6 Å². The van der Waals surface area contributed by atoms with Gasteiger partial charge in [-0.25, -0.2) is 14.0 Å². The molecule has 0 spiro atoms. The SMILES string of the molecule is COC(=O)c1cc(F)ccc1S(=O)(=O)N=C=O. The minimum Gasteiger partial charge on any atom is -0.465 e. The number of nitrogens with zero attached hydrogens (tertiary/aromatic N) is 1. The molecule has 0 amide bonds. The van der Waals surface area contributed by atoms with E-state index in [4.69, 9.17) is 0 Å². The van der Waals surface area contributed by atoms with Crippen molar-refractivity contribution in [1.82, 2.24) is 0 Å². The normalized spacial score (nSPS) is 10.5. The number of halogens is 1. The number of benzene rings is 1. The van der Waals surface area contributed by atoms with Gasteiger partial charge >= 0.3 is 5.97 Å². The Morgan fingerprint density at radius 1 is 1.47 bits per heavy atom. The molecule has 0 aliphatic carbocycles. The van der Waals surface area contributed by atoms with Crippen molar-refractivity contribution in [2.75, 3.05) is 7.11 Å². The summed E-state index contributed by atoms with van der Waals surface area (Å²) in [7, 11) is -3.37. The molecule has 0 aromatic heterocycles. The molecule has 0 aliphatic heterocycles. The van der Waals surface area contributed by atoms with Crippen LogP contribution in [0, 0.1) is 5.82 Å². The average Bonchev–Trinajstić information content (AvgIpc) is 2.27. The van der Waals surface area contributed by atoms with Gasteiger partial charge in [-0.1, -0.05) is 4.40 Å². The van der Waals surface area contributed by atoms with Crippen LogP contribution >= 0.6 is 0 Å². The van der Waals surface area contributed by atoms with Gasteiger partial charge in [0.2, 0.25) is 0 Å². The summed E-state index contributed by atoms with van der Waals surface area (Å²) in [6.45, 7) is 0. The molecule has 0 saturated carbocycles. The van der Waals surface area contributed by atoms with Gasteiger partial charge in [0.15, 0.2) is 0 Å². The van der Waals surface area contributed by atoms with Crippen LogP contribution in [0.4, 0.5) is 4.39 Å². The maximum Gasteiger partial charge on any atom is 0.339 e. The first-order valence-electron chi connectivity index (χ1n) is 4.14. The Balaban J connectivity index is 3.54. The van der Waals surface area contributed by atoms with Crippen LogP contribution in [0.2, 0.25) is 0 Å². The first-order valence-corrected chi connectivity index (χ1v) is 5.58. The van der Waals surface area contributed by atoms with E-state index in [1.165, 1.54) is 0 Å². The second-order valence-electron chi connectivity index (χ2n) is 2.79. The van der Waals surface area contributed by atoms with Crippen molar-refractivity contribution < 1.29 is 27.1 Å². The van der Waals surface area contributed by atoms with E-state index < -0.39 is 32.3 Å². The van der Waals surface area contributed by atoms with Crippen molar-refractivity contribution in [2.24, 2.45) is 4.40 Å². The zero-order chi connectivity index (χ0) is 13.1. The number of rotatable bonds is 3. The fourth-order valence-corrected chi connectivity index (χ4v) is 1.95. The van der Waals surface area contributed by atoms with Gasteiger partial charge in [-0.3, -0.25) is 0 Å². The highest BCUT2D eigenvalue weighted by molar-refractivity contribution is 7.90. The molecule has 0 atom stereocenters. The minimum atomic E-state index is -4.38. The van der Waals surface area contributed by atoms with E-state index in [-0.39, 0.29) is 0 Å². The molecule has 0 N–H and O–H groups in total. The highest BCUT2D eigenvalue weighted by Crippen LogP contribution is 2.19. The van der Waals surface area contributed by atoms with Gasteiger partial charge in [0.05, 0.1) is 12.7 Å². The van der Waals surface area contributed by atoms with Crippen molar-refractivity contribution in [3.63, 3.8) is 0 Å². The summed E-state index contributed by atoms with van der Waals surface area (Å²) in [5, 5.41) is 0. The third kappa shape index (κ3) is 2.74. The number of hydrogen-bond donors (Lipinski definition) is 0. The van der Waals surface area contributed by atoms with E-state index >= 15 is 0 Å². The lowest BCUT2D eigenvalue weighted by Gasteiger charge is -2.04. The molecule has 0 fully saturated rings. The van der Waals surface area contributed by atoms with Gasteiger partial charge in [0.1, 0.15) is 10.7 Å². The highest BCUT2D eigenvalue weighted by Gasteiger charge is 2.23. The lowest BCUT2D eigenvalue weighted by Crippen LogP contribution is -2.09. The van der Waals surface area contributed by atoms with Crippen molar-refractivity contribution in [2.45, 2.75) is 4.90 Å². The fraction of sp³-hybridized carbons (Fsp3) is 0.111. The molecule has 17 heavy (non-hydrogen) atoms. The van der Waals surface area contributed by atoms with Gasteiger partial charge in [-0.2, -0.15) is 8.42 Å². The maximum absolute atomic E-state index is 12.9. The molecule has 0 unspecified atom stereocenters. The molecule has 0 heterocycles. The number of carbonyl (C=O) groups excluding carboxylic acids is 2. The van der Waals surface area contributed by atoms with Gasteiger partial charge in [0.25, 0.3) is 16.1 Å². The smallest absolute Gasteiger partial charge is 0.339 e. The molecule has 0 saturated heterocycles. The van der Waals surface area contributed by atoms with Crippen molar-refractivity contribution in [3.8, 4) is 0 Å². The number of sulfonamides is 1. The first kappa shape index (κ1) is 13.0. The molecule has 1 aromatic carbocycles. The van der Waals surface area contributed by atoms with Gasteiger partial charge in [-0.15, -0.1) is 0 Å². The van der Waals surface area contributed by atoms with E-state index in [9.17, 15) is 22.4 Å². The summed E-state index contributed by atoms with van der Waals surface area (Å²) < 4.78 is 42.6. The zero-order valence-corrected chi connectivity index (χ0v) is 9.32. The Morgan fingerprint density at radius 3 is 2.65 bits per heavy atom. The molecule has 90 valence electrons. The molecule has 0 radical (unpaired) electrons. The Labute approximate surface area is 95.8 Å². The van der Waals surface area contributed by atoms with Gasteiger partial charge < -0.3 is 4.74 Å². The second kappa shape index (κ2) is 4.86. The van der Waals surface area contributed by atoms with Crippen LogP contribution in [-0.2, 0) is 19.6 Å². The number of ether oxygens (including phenoxy) is 1. The van der Waals surface area contributed by atoms with Crippen molar-refractivity contribution >= 4 is 22.1 Å². The standard InChI is InChI=1S/C9H6FNO5S/c1-16-9(13)7-4-6(10)2-3-8(7)17(14,15)11-5-12/h2-4H,1H3. The molecule has 6 nitrogen and oxygen atoms in total. The topological polar surface area (TPSA) is 89.9 Å². The molecule has 0 bridgehead atoms. The first-order chi connectivity index (χ1) is 7.92. The average molecular weight is 259 g/mol. The fourth-order valence-electron chi connectivity index (χ4n) is 1.09. The molecular weight excluding hydrogens is 253 g/mol. The number of methoxy groups -OCH3 is 1. The quantitative estimate of drug-likeness (QED) is 0.451. The third-order valence-corrected chi connectivity index (χ3v) is 3.01. The Bertz CT molecular complexity index is 604. The van der Waals surface area contributed by atoms with Crippen molar-refractivity contribution in [3.05, 3.63) is 29.6 Å². The number of carbonyl (C=O) groups is 1. The summed E-state index contributed by atoms with van der Waals surface area (Å²) in [5.74, 6) is -1.87. The second-order valence-corrected chi connectivity index (χ2v) is 4.36. The predicted molar refractivity (Wildman–Crippen MR) is 53.0 cm³/mol. The third-order valence-electron chi connectivity index (χ3n) is 1.78. The summed E-state index contributed by atoms with van der Waals surface area (Å²) in [5.41, 5.74) is -0.536. The number of esters is 1. The van der Waals surface area contributed by atoms with E-state index in [0.717, 1.165) is 25.3 Å². The number of hydrogen-bond acceptors (Lipinski definition) is 5. The van der Waals surface area contributed by atoms with Gasteiger partial charge in [0, 0.05) is 0 Å². The Morgan fingerprint density at radius 2 is 2.12 bits per heavy atom. The van der Waals surface area contributed by atoms with Crippen LogP contribution in [0.15, 0.2) is 27.5 Å². The lowest BCUT2D eigenvalue weighted by atomic mass is 10.2. The minimum absolute atomic E-state index is 0.536. The van der Waals surface area contributed by atoms with E-state index in [0.29, 0.717) is 6.07 Å². The van der Waals surface area contributed by atoms with Crippen molar-refractivity contribution in [1.29, 1.82) is 0 Å². The van der Waals surface area contributed by atoms with Crippen LogP contribution in [0.25, 0.3) is 0 Å². The van der Waals surface area contributed by atoms with E-state index in [2.05, 4.69) is 9.13 Å². The molecule has 1 aromatic rings. The molecular formula is C9H6FNO5S. The lowest BCUT2D eigenvalue weighted by molar-refractivity contribution is 0.0595. The summed E-state index contributed by atoms with van der Waals surface area (Å²) >= 11 is 0. The van der Waals surface area contributed by atoms with Crippen LogP contribution in [0.1, 0.15) is 10.4 Å². The highest BCUT2D eigenvalue weighted by atomic mass is 32.2. The van der Waals surface area contributed by atoms with Crippen LogP contribution < -0.4 is 0 Å². The summed E-state index contributed by atoms with van der Waals surface area (Å²) in [6.07, 6.45) is 0.846. The number of isocyanates is 1.